The lowest BCUT2D eigenvalue weighted by atomic mass is 9.84. The van der Waals surface area contributed by atoms with E-state index in [4.69, 9.17) is 0 Å². The van der Waals surface area contributed by atoms with Crippen molar-refractivity contribution >= 4 is 16.9 Å². The van der Waals surface area contributed by atoms with Gasteiger partial charge in [0.15, 0.2) is 0 Å². The first-order valence-corrected chi connectivity index (χ1v) is 13.9. The molecule has 0 aliphatic heterocycles. The maximum absolute atomic E-state index is 12.7. The Hall–Kier alpha value is -2.93. The second-order valence-corrected chi connectivity index (χ2v) is 11.2. The Morgan fingerprint density at radius 3 is 2.19 bits per heavy atom. The van der Waals surface area contributed by atoms with Crippen LogP contribution >= 0.6 is 0 Å². The minimum atomic E-state index is -0.273. The molecule has 7 heteroatoms. The molecule has 3 aromatic rings. The quantitative estimate of drug-likeness (QED) is 0.235. The number of carbonyl (C=O) groups is 1. The lowest BCUT2D eigenvalue weighted by Crippen LogP contribution is -2.49. The van der Waals surface area contributed by atoms with E-state index in [1.165, 1.54) is 24.2 Å². The molecule has 0 radical (unpaired) electrons. The molecule has 0 bridgehead atoms. The van der Waals surface area contributed by atoms with Gasteiger partial charge in [-0.05, 0) is 55.9 Å². The van der Waals surface area contributed by atoms with Crippen molar-refractivity contribution in [2.24, 2.45) is 0 Å². The summed E-state index contributed by atoms with van der Waals surface area (Å²) in [6.45, 7) is 18.3. The maximum Gasteiger partial charge on any atom is 0.220 e. The Bertz CT molecular complexity index is 1140. The van der Waals surface area contributed by atoms with E-state index in [0.29, 0.717) is 25.1 Å². The highest BCUT2D eigenvalue weighted by atomic mass is 16.3. The van der Waals surface area contributed by atoms with E-state index < -0.39 is 0 Å². The normalized spacial score (nSPS) is 12.3. The topological polar surface area (TPSA) is 80.0 Å². The van der Waals surface area contributed by atoms with Gasteiger partial charge in [-0.2, -0.15) is 0 Å². The van der Waals surface area contributed by atoms with Crippen LogP contribution in [0.1, 0.15) is 78.4 Å². The molecule has 1 heterocycles. The van der Waals surface area contributed by atoms with Crippen molar-refractivity contribution in [3.63, 3.8) is 0 Å². The van der Waals surface area contributed by atoms with Crippen LogP contribution in [-0.2, 0) is 16.6 Å². The van der Waals surface area contributed by atoms with Gasteiger partial charge in [0, 0.05) is 24.9 Å². The number of hydrogen-bond acceptors (Lipinski definition) is 4. The van der Waals surface area contributed by atoms with Gasteiger partial charge in [-0.25, -0.2) is 0 Å². The van der Waals surface area contributed by atoms with Crippen LogP contribution in [0, 0.1) is 0 Å². The van der Waals surface area contributed by atoms with Crippen molar-refractivity contribution in [3.05, 3.63) is 47.5 Å². The fourth-order valence-electron chi connectivity index (χ4n) is 4.96. The third kappa shape index (κ3) is 7.31. The third-order valence-electron chi connectivity index (χ3n) is 7.56. The number of aromatic nitrogens is 3. The van der Waals surface area contributed by atoms with Crippen LogP contribution in [0.15, 0.2) is 36.4 Å². The summed E-state index contributed by atoms with van der Waals surface area (Å²) in [5.41, 5.74) is 3.62. The van der Waals surface area contributed by atoms with Crippen molar-refractivity contribution in [1.29, 1.82) is 0 Å². The molecule has 1 amide bonds. The monoisotopic (exact) mass is 508 g/mol. The second-order valence-electron chi connectivity index (χ2n) is 11.2. The number of aryl methyl sites for hydroxylation is 1. The first kappa shape index (κ1) is 28.6. The standard InChI is InChI=1S/C30H45N5O2/c1-7-10-19-35(8-2,9-3)20-13-18-31-28(36)17-16-23-21-24(30(4,5)6)29(37)27(22-23)34-32-25-14-11-12-15-26(25)33-34/h11-12,14-15,21-22H,7-10,13,16-20H2,1-6H3,(H-,31,36,37)/p+1. The molecule has 0 fully saturated rings. The molecule has 2 N–H and O–H groups in total. The number of fused-ring (bicyclic) bond motifs is 1. The lowest BCUT2D eigenvalue weighted by molar-refractivity contribution is -0.925. The number of unbranched alkanes of at least 4 members (excludes halogenated alkanes) is 1. The van der Waals surface area contributed by atoms with Gasteiger partial charge in [-0.3, -0.25) is 4.79 Å². The van der Waals surface area contributed by atoms with Crippen LogP contribution in [0.4, 0.5) is 0 Å². The molecule has 1 aromatic heterocycles. The Morgan fingerprint density at radius 2 is 1.62 bits per heavy atom. The average Bonchev–Trinajstić information content (AvgIpc) is 3.31. The summed E-state index contributed by atoms with van der Waals surface area (Å²) >= 11 is 0. The highest BCUT2D eigenvalue weighted by molar-refractivity contribution is 5.76. The van der Waals surface area contributed by atoms with Crippen LogP contribution in [0.3, 0.4) is 0 Å². The molecular formula is C30H46N5O2+. The summed E-state index contributed by atoms with van der Waals surface area (Å²) in [5, 5.41) is 23.4. The zero-order valence-corrected chi connectivity index (χ0v) is 23.7. The van der Waals surface area contributed by atoms with E-state index >= 15 is 0 Å². The summed E-state index contributed by atoms with van der Waals surface area (Å²) in [7, 11) is 0. The van der Waals surface area contributed by atoms with Gasteiger partial charge in [-0.1, -0.05) is 52.3 Å². The molecule has 0 unspecified atom stereocenters. The van der Waals surface area contributed by atoms with Crippen molar-refractivity contribution in [3.8, 4) is 11.4 Å². The third-order valence-corrected chi connectivity index (χ3v) is 7.56. The molecule has 0 saturated carbocycles. The number of carbonyl (C=O) groups excluding carboxylic acids is 1. The minimum absolute atomic E-state index is 0.0644. The maximum atomic E-state index is 12.7. The molecule has 37 heavy (non-hydrogen) atoms. The SMILES string of the molecule is CCCC[N+](CC)(CC)CCCNC(=O)CCc1cc(-n2nc3ccccc3n2)c(O)c(C(C)(C)C)c1. The number of nitrogens with one attached hydrogen (secondary N) is 1. The molecule has 2 aromatic carbocycles. The largest absolute Gasteiger partial charge is 0.505 e. The van der Waals surface area contributed by atoms with Crippen LogP contribution in [0.5, 0.6) is 5.75 Å². The van der Waals surface area contributed by atoms with E-state index in [2.05, 4.69) is 57.1 Å². The van der Waals surface area contributed by atoms with Gasteiger partial charge in [0.25, 0.3) is 0 Å². The number of hydrogen-bond donors (Lipinski definition) is 2. The summed E-state index contributed by atoms with van der Waals surface area (Å²) in [6, 6.07) is 11.6. The van der Waals surface area contributed by atoms with E-state index in [-0.39, 0.29) is 17.1 Å². The van der Waals surface area contributed by atoms with Crippen LogP contribution in [0.25, 0.3) is 16.7 Å². The van der Waals surface area contributed by atoms with Crippen molar-refractivity contribution in [2.45, 2.75) is 79.1 Å². The number of aromatic hydroxyl groups is 1. The molecule has 0 atom stereocenters. The van der Waals surface area contributed by atoms with E-state index in [1.807, 2.05) is 36.4 Å². The Morgan fingerprint density at radius 1 is 1.00 bits per heavy atom. The van der Waals surface area contributed by atoms with Crippen LogP contribution in [0.2, 0.25) is 0 Å². The van der Waals surface area contributed by atoms with E-state index in [9.17, 15) is 9.90 Å². The summed E-state index contributed by atoms with van der Waals surface area (Å²) in [4.78, 5) is 14.2. The van der Waals surface area contributed by atoms with Crippen molar-refractivity contribution in [2.75, 3.05) is 32.7 Å². The molecule has 3 rings (SSSR count). The summed E-state index contributed by atoms with van der Waals surface area (Å²) < 4.78 is 1.13. The number of phenols is 1. The predicted octanol–water partition coefficient (Wildman–Crippen LogP) is 5.52. The molecule has 0 spiro atoms. The Balaban J connectivity index is 1.67. The predicted molar refractivity (Wildman–Crippen MR) is 151 cm³/mol. The van der Waals surface area contributed by atoms with Crippen LogP contribution < -0.4 is 5.32 Å². The van der Waals surface area contributed by atoms with E-state index in [1.54, 1.807) is 0 Å². The van der Waals surface area contributed by atoms with Gasteiger partial charge in [0.1, 0.15) is 22.5 Å². The fourth-order valence-corrected chi connectivity index (χ4v) is 4.96. The lowest BCUT2D eigenvalue weighted by Gasteiger charge is -2.37. The summed E-state index contributed by atoms with van der Waals surface area (Å²) in [6.07, 6.45) is 4.46. The molecule has 0 aliphatic carbocycles. The van der Waals surface area contributed by atoms with Crippen molar-refractivity contribution < 1.29 is 14.4 Å². The Labute approximate surface area is 222 Å². The highest BCUT2D eigenvalue weighted by Gasteiger charge is 2.24. The van der Waals surface area contributed by atoms with E-state index in [0.717, 1.165) is 52.7 Å². The number of rotatable bonds is 13. The van der Waals surface area contributed by atoms with Crippen molar-refractivity contribution in [1.82, 2.24) is 20.3 Å². The molecule has 0 aliphatic rings. The number of nitrogens with zero attached hydrogens (tertiary/aromatic N) is 4. The Kier molecular flexibility index (Phi) is 9.71. The zero-order valence-electron chi connectivity index (χ0n) is 23.7. The highest BCUT2D eigenvalue weighted by Crippen LogP contribution is 2.36. The molecule has 202 valence electrons. The average molecular weight is 509 g/mol. The van der Waals surface area contributed by atoms with Gasteiger partial charge in [0.2, 0.25) is 5.91 Å². The fraction of sp³-hybridized carbons (Fsp3) is 0.567. The zero-order chi connectivity index (χ0) is 27.1. The van der Waals surface area contributed by atoms with Gasteiger partial charge in [-0.15, -0.1) is 15.0 Å². The number of quaternary nitrogens is 1. The minimum Gasteiger partial charge on any atom is -0.505 e. The van der Waals surface area contributed by atoms with Gasteiger partial charge in [0.05, 0.1) is 26.2 Å². The number of amides is 1. The molecule has 0 saturated heterocycles. The smallest absolute Gasteiger partial charge is 0.220 e. The number of phenolic OH excluding ortho intramolecular Hbond substituents is 1. The second kappa shape index (κ2) is 12.5. The van der Waals surface area contributed by atoms with Gasteiger partial charge < -0.3 is 14.9 Å². The number of benzene rings is 2. The first-order valence-electron chi connectivity index (χ1n) is 13.9. The molecular weight excluding hydrogens is 462 g/mol. The van der Waals surface area contributed by atoms with Gasteiger partial charge >= 0.3 is 0 Å². The molecule has 7 nitrogen and oxygen atoms in total. The van der Waals surface area contributed by atoms with Crippen LogP contribution in [-0.4, -0.2) is 63.2 Å². The first-order chi connectivity index (χ1) is 17.6. The summed E-state index contributed by atoms with van der Waals surface area (Å²) in [5.74, 6) is 0.243.